The van der Waals surface area contributed by atoms with Crippen LogP contribution in [0, 0.1) is 5.82 Å². The highest BCUT2D eigenvalue weighted by molar-refractivity contribution is 6.30. The van der Waals surface area contributed by atoms with Crippen LogP contribution in [0.2, 0.25) is 5.02 Å². The van der Waals surface area contributed by atoms with E-state index in [0.29, 0.717) is 16.4 Å². The van der Waals surface area contributed by atoms with Crippen LogP contribution < -0.4 is 5.32 Å². The zero-order valence-electron chi connectivity index (χ0n) is 8.65. The van der Waals surface area contributed by atoms with Crippen LogP contribution in [0.5, 0.6) is 0 Å². The first kappa shape index (κ1) is 11.5. The van der Waals surface area contributed by atoms with E-state index in [1.165, 1.54) is 36.5 Å². The summed E-state index contributed by atoms with van der Waals surface area (Å²) in [6.07, 6.45) is 1.49. The van der Waals surface area contributed by atoms with E-state index in [9.17, 15) is 9.18 Å². The largest absolute Gasteiger partial charge is 0.307 e. The number of anilines is 1. The van der Waals surface area contributed by atoms with Gasteiger partial charge in [0, 0.05) is 16.8 Å². The molecule has 0 radical (unpaired) electrons. The van der Waals surface area contributed by atoms with E-state index in [4.69, 9.17) is 11.6 Å². The number of nitrogens with one attached hydrogen (secondary N) is 1. The lowest BCUT2D eigenvalue weighted by Crippen LogP contribution is -2.12. The average Bonchev–Trinajstić information content (AvgIpc) is 2.29. The SMILES string of the molecule is O=C(Nc1cc(Cl)ccn1)c1ccc(F)cc1. The number of pyridine rings is 1. The van der Waals surface area contributed by atoms with E-state index in [0.717, 1.165) is 0 Å². The maximum absolute atomic E-state index is 12.7. The summed E-state index contributed by atoms with van der Waals surface area (Å²) >= 11 is 5.75. The lowest BCUT2D eigenvalue weighted by Gasteiger charge is -2.04. The predicted molar refractivity (Wildman–Crippen MR) is 63.6 cm³/mol. The fraction of sp³-hybridized carbons (Fsp3) is 0. The Morgan fingerprint density at radius 2 is 1.94 bits per heavy atom. The van der Waals surface area contributed by atoms with E-state index in [-0.39, 0.29) is 11.7 Å². The minimum atomic E-state index is -0.387. The molecular formula is C12H8ClFN2O. The molecule has 0 atom stereocenters. The number of carbonyl (C=O) groups is 1. The molecule has 0 saturated carbocycles. The molecule has 1 heterocycles. The maximum atomic E-state index is 12.7. The first-order chi connectivity index (χ1) is 8.15. The van der Waals surface area contributed by atoms with Gasteiger partial charge in [-0.25, -0.2) is 9.37 Å². The fourth-order valence-corrected chi connectivity index (χ4v) is 1.42. The van der Waals surface area contributed by atoms with E-state index in [1.54, 1.807) is 6.07 Å². The molecule has 0 saturated heterocycles. The number of aromatic nitrogens is 1. The third-order valence-electron chi connectivity index (χ3n) is 2.07. The van der Waals surface area contributed by atoms with Gasteiger partial charge in [-0.3, -0.25) is 4.79 Å². The second-order valence-electron chi connectivity index (χ2n) is 3.32. The summed E-state index contributed by atoms with van der Waals surface area (Å²) in [5.41, 5.74) is 0.355. The van der Waals surface area contributed by atoms with Gasteiger partial charge in [0.1, 0.15) is 11.6 Å². The first-order valence-corrected chi connectivity index (χ1v) is 5.21. The second kappa shape index (κ2) is 4.93. The number of hydrogen-bond acceptors (Lipinski definition) is 2. The molecule has 3 nitrogen and oxygen atoms in total. The van der Waals surface area contributed by atoms with Crippen LogP contribution in [0.4, 0.5) is 10.2 Å². The third kappa shape index (κ3) is 3.01. The van der Waals surface area contributed by atoms with Crippen molar-refractivity contribution < 1.29 is 9.18 Å². The summed E-state index contributed by atoms with van der Waals surface area (Å²) in [4.78, 5) is 15.7. The predicted octanol–water partition coefficient (Wildman–Crippen LogP) is 3.13. The van der Waals surface area contributed by atoms with E-state index < -0.39 is 0 Å². The topological polar surface area (TPSA) is 42.0 Å². The molecule has 0 aliphatic carbocycles. The highest BCUT2D eigenvalue weighted by Crippen LogP contribution is 2.13. The van der Waals surface area contributed by atoms with Crippen molar-refractivity contribution in [3.63, 3.8) is 0 Å². The van der Waals surface area contributed by atoms with Crippen molar-refractivity contribution >= 4 is 23.3 Å². The maximum Gasteiger partial charge on any atom is 0.256 e. The Balaban J connectivity index is 2.14. The molecule has 86 valence electrons. The van der Waals surface area contributed by atoms with Crippen molar-refractivity contribution in [2.75, 3.05) is 5.32 Å². The van der Waals surface area contributed by atoms with Gasteiger partial charge in [-0.15, -0.1) is 0 Å². The number of nitrogens with zero attached hydrogens (tertiary/aromatic N) is 1. The van der Waals surface area contributed by atoms with Crippen LogP contribution >= 0.6 is 11.6 Å². The second-order valence-corrected chi connectivity index (χ2v) is 3.76. The van der Waals surface area contributed by atoms with Crippen LogP contribution in [0.1, 0.15) is 10.4 Å². The van der Waals surface area contributed by atoms with Gasteiger partial charge in [-0.05, 0) is 36.4 Å². The Morgan fingerprint density at radius 3 is 2.59 bits per heavy atom. The lowest BCUT2D eigenvalue weighted by molar-refractivity contribution is 0.102. The van der Waals surface area contributed by atoms with E-state index in [2.05, 4.69) is 10.3 Å². The lowest BCUT2D eigenvalue weighted by atomic mass is 10.2. The van der Waals surface area contributed by atoms with Gasteiger partial charge in [-0.2, -0.15) is 0 Å². The zero-order valence-corrected chi connectivity index (χ0v) is 9.41. The Kier molecular flexibility index (Phi) is 3.35. The molecule has 2 aromatic rings. The van der Waals surface area contributed by atoms with Gasteiger partial charge < -0.3 is 5.32 Å². The molecule has 1 amide bonds. The summed E-state index contributed by atoms with van der Waals surface area (Å²) in [6.45, 7) is 0. The molecule has 17 heavy (non-hydrogen) atoms. The minimum Gasteiger partial charge on any atom is -0.307 e. The van der Waals surface area contributed by atoms with Gasteiger partial charge in [0.15, 0.2) is 0 Å². The molecule has 0 unspecified atom stereocenters. The molecule has 0 bridgehead atoms. The fourth-order valence-electron chi connectivity index (χ4n) is 1.26. The Labute approximate surface area is 102 Å². The van der Waals surface area contributed by atoms with Crippen molar-refractivity contribution in [3.8, 4) is 0 Å². The highest BCUT2D eigenvalue weighted by atomic mass is 35.5. The van der Waals surface area contributed by atoms with Crippen molar-refractivity contribution in [1.82, 2.24) is 4.98 Å². The summed E-state index contributed by atoms with van der Waals surface area (Å²) in [5.74, 6) is -0.394. The summed E-state index contributed by atoms with van der Waals surface area (Å²) in [5, 5.41) is 3.04. The zero-order chi connectivity index (χ0) is 12.3. The molecule has 5 heteroatoms. The normalized spacial score (nSPS) is 10.0. The van der Waals surface area contributed by atoms with Gasteiger partial charge >= 0.3 is 0 Å². The number of hydrogen-bond donors (Lipinski definition) is 1. The molecular weight excluding hydrogens is 243 g/mol. The quantitative estimate of drug-likeness (QED) is 0.890. The van der Waals surface area contributed by atoms with Crippen LogP contribution in [0.3, 0.4) is 0 Å². The molecule has 1 aromatic carbocycles. The summed E-state index contributed by atoms with van der Waals surface area (Å²) in [7, 11) is 0. The van der Waals surface area contributed by atoms with Crippen molar-refractivity contribution in [2.24, 2.45) is 0 Å². The molecule has 1 aromatic heterocycles. The number of carbonyl (C=O) groups excluding carboxylic acids is 1. The first-order valence-electron chi connectivity index (χ1n) is 4.83. The molecule has 1 N–H and O–H groups in total. The van der Waals surface area contributed by atoms with Crippen molar-refractivity contribution in [3.05, 3.63) is 59.0 Å². The Hall–Kier alpha value is -1.94. The van der Waals surface area contributed by atoms with Gasteiger partial charge in [0.2, 0.25) is 0 Å². The van der Waals surface area contributed by atoms with Crippen LogP contribution in [-0.4, -0.2) is 10.9 Å². The Bertz CT molecular complexity index is 542. The summed E-state index contributed by atoms with van der Waals surface area (Å²) in [6, 6.07) is 8.38. The van der Waals surface area contributed by atoms with Crippen LogP contribution in [-0.2, 0) is 0 Å². The third-order valence-corrected chi connectivity index (χ3v) is 2.31. The van der Waals surface area contributed by atoms with Crippen molar-refractivity contribution in [2.45, 2.75) is 0 Å². The smallest absolute Gasteiger partial charge is 0.256 e. The average molecular weight is 251 g/mol. The highest BCUT2D eigenvalue weighted by Gasteiger charge is 2.06. The molecule has 0 fully saturated rings. The van der Waals surface area contributed by atoms with Crippen LogP contribution in [0.25, 0.3) is 0 Å². The number of amides is 1. The van der Waals surface area contributed by atoms with E-state index >= 15 is 0 Å². The van der Waals surface area contributed by atoms with Crippen molar-refractivity contribution in [1.29, 1.82) is 0 Å². The molecule has 0 spiro atoms. The summed E-state index contributed by atoms with van der Waals surface area (Å²) < 4.78 is 12.7. The number of rotatable bonds is 2. The van der Waals surface area contributed by atoms with Gasteiger partial charge in [0.05, 0.1) is 0 Å². The van der Waals surface area contributed by atoms with Gasteiger partial charge in [-0.1, -0.05) is 11.6 Å². The molecule has 0 aliphatic heterocycles. The minimum absolute atomic E-state index is 0.354. The monoisotopic (exact) mass is 250 g/mol. The number of halogens is 2. The van der Waals surface area contributed by atoms with E-state index in [1.807, 2.05) is 0 Å². The number of benzene rings is 1. The molecule has 2 rings (SSSR count). The standard InChI is InChI=1S/C12H8ClFN2O/c13-9-5-6-15-11(7-9)16-12(17)8-1-3-10(14)4-2-8/h1-7H,(H,15,16,17). The van der Waals surface area contributed by atoms with Crippen LogP contribution in [0.15, 0.2) is 42.6 Å². The van der Waals surface area contributed by atoms with Gasteiger partial charge in [0.25, 0.3) is 5.91 Å². The molecule has 0 aliphatic rings. The Morgan fingerprint density at radius 1 is 1.24 bits per heavy atom.